The van der Waals surface area contributed by atoms with Crippen molar-refractivity contribution in [2.45, 2.75) is 22.6 Å². The van der Waals surface area contributed by atoms with Crippen molar-refractivity contribution in [1.29, 1.82) is 0 Å². The molecule has 8 rings (SSSR count). The van der Waals surface area contributed by atoms with Gasteiger partial charge in [0.1, 0.15) is 11.5 Å². The van der Waals surface area contributed by atoms with E-state index in [1.165, 1.54) is 28.4 Å². The molecule has 6 unspecified atom stereocenters. The number of para-hydroxylation sites is 1. The number of aromatic amines is 1. The van der Waals surface area contributed by atoms with Crippen LogP contribution in [0.5, 0.6) is 11.5 Å². The van der Waals surface area contributed by atoms with Crippen molar-refractivity contribution in [3.63, 3.8) is 0 Å². The van der Waals surface area contributed by atoms with E-state index in [1.54, 1.807) is 23.9 Å². The van der Waals surface area contributed by atoms with Crippen LogP contribution < -0.4 is 19.8 Å². The SMILES string of the molecule is O=C(COc1ccc([C@H]2c3sc(=O)[nH]c3SC3C4CC(C5C(=O)N(c6ccccc6)C(=O)C45)C32)cc1)Nc1ccc(O)cc1. The average Bonchev–Trinajstić information content (AvgIpc) is 3.77. The third kappa shape index (κ3) is 4.28. The number of rotatable bonds is 6. The standard InChI is InChI=1S/C33H27N3O6S2/c37-19-10-8-17(9-11-19)34-23(38)15-42-20-12-6-16(7-13-20)24-25-21-14-22(28(25)43-30-29(24)44-33(41)35-30)27-26(21)31(39)36(32(27)40)18-4-2-1-3-5-18/h1-13,21-22,24-28,37H,14-15H2,(H,34,38)(H,35,41)/t21?,22?,24-,25?,26?,27?,28?/m1/s1. The molecule has 3 heterocycles. The first kappa shape index (κ1) is 27.2. The first-order valence-electron chi connectivity index (χ1n) is 14.5. The summed E-state index contributed by atoms with van der Waals surface area (Å²) in [6.45, 7) is -0.185. The number of anilines is 2. The van der Waals surface area contributed by atoms with Crippen LogP contribution in [-0.4, -0.2) is 39.7 Å². The molecule has 2 aliphatic carbocycles. The largest absolute Gasteiger partial charge is 0.508 e. The molecule has 4 aromatic rings. The number of hydrogen-bond acceptors (Lipinski definition) is 8. The number of phenols is 1. The Morgan fingerprint density at radius 3 is 2.36 bits per heavy atom. The highest BCUT2D eigenvalue weighted by atomic mass is 32.2. The number of carbonyl (C=O) groups is 3. The van der Waals surface area contributed by atoms with Crippen molar-refractivity contribution in [3.8, 4) is 11.5 Å². The molecule has 9 nitrogen and oxygen atoms in total. The molecule has 3 amide bonds. The Kier molecular flexibility index (Phi) is 6.42. The summed E-state index contributed by atoms with van der Waals surface area (Å²) in [6, 6.07) is 23.0. The third-order valence-electron chi connectivity index (χ3n) is 9.50. The zero-order valence-corrected chi connectivity index (χ0v) is 24.8. The normalized spacial score (nSPS) is 28.0. The Morgan fingerprint density at radius 1 is 0.932 bits per heavy atom. The maximum Gasteiger partial charge on any atom is 0.305 e. The lowest BCUT2D eigenvalue weighted by atomic mass is 9.68. The van der Waals surface area contributed by atoms with E-state index >= 15 is 0 Å². The van der Waals surface area contributed by atoms with Crippen molar-refractivity contribution in [3.05, 3.63) is 99.0 Å². The number of fused-ring (bicyclic) bond motifs is 9. The fraction of sp³-hybridized carbons (Fsp3) is 0.273. The third-order valence-corrected chi connectivity index (χ3v) is 12.1. The molecule has 0 radical (unpaired) electrons. The first-order chi connectivity index (χ1) is 21.4. The zero-order chi connectivity index (χ0) is 30.1. The number of aromatic nitrogens is 1. The van der Waals surface area contributed by atoms with E-state index in [0.29, 0.717) is 17.1 Å². The molecule has 1 aromatic heterocycles. The van der Waals surface area contributed by atoms with Gasteiger partial charge in [-0.15, -0.1) is 11.8 Å². The summed E-state index contributed by atoms with van der Waals surface area (Å²) in [5.74, 6) is -0.505. The Balaban J connectivity index is 1.05. The molecule has 7 atom stereocenters. The van der Waals surface area contributed by atoms with Crippen molar-refractivity contribution < 1.29 is 24.2 Å². The lowest BCUT2D eigenvalue weighted by Crippen LogP contribution is -2.42. The van der Waals surface area contributed by atoms with E-state index in [0.717, 1.165) is 21.9 Å². The van der Waals surface area contributed by atoms with E-state index in [9.17, 15) is 24.3 Å². The van der Waals surface area contributed by atoms with Crippen LogP contribution in [0.4, 0.5) is 11.4 Å². The van der Waals surface area contributed by atoms with Gasteiger partial charge in [-0.1, -0.05) is 41.7 Å². The number of thioether (sulfide) groups is 1. The minimum Gasteiger partial charge on any atom is -0.508 e. The molecular weight excluding hydrogens is 599 g/mol. The molecule has 3 aromatic carbocycles. The lowest BCUT2D eigenvalue weighted by molar-refractivity contribution is -0.123. The van der Waals surface area contributed by atoms with Crippen LogP contribution >= 0.6 is 23.1 Å². The molecule has 3 fully saturated rings. The molecule has 44 heavy (non-hydrogen) atoms. The Bertz CT molecular complexity index is 1840. The van der Waals surface area contributed by atoms with Gasteiger partial charge in [-0.05, 0) is 78.3 Å². The van der Waals surface area contributed by atoms with Crippen molar-refractivity contribution in [1.82, 2.24) is 4.98 Å². The second kappa shape index (κ2) is 10.4. The highest BCUT2D eigenvalue weighted by Gasteiger charge is 2.69. The highest BCUT2D eigenvalue weighted by Crippen LogP contribution is 2.68. The monoisotopic (exact) mass is 625 g/mol. The summed E-state index contributed by atoms with van der Waals surface area (Å²) in [5.41, 5.74) is 2.19. The molecule has 2 bridgehead atoms. The van der Waals surface area contributed by atoms with E-state index in [2.05, 4.69) is 10.3 Å². The second-order valence-electron chi connectivity index (χ2n) is 11.8. The van der Waals surface area contributed by atoms with Crippen LogP contribution in [0.25, 0.3) is 0 Å². The summed E-state index contributed by atoms with van der Waals surface area (Å²) in [7, 11) is 0. The molecule has 1 saturated heterocycles. The molecule has 11 heteroatoms. The van der Waals surface area contributed by atoms with Gasteiger partial charge >= 0.3 is 4.87 Å². The van der Waals surface area contributed by atoms with Gasteiger partial charge in [-0.25, -0.2) is 0 Å². The summed E-state index contributed by atoms with van der Waals surface area (Å²) in [5, 5.41) is 13.1. The summed E-state index contributed by atoms with van der Waals surface area (Å²) in [6.07, 6.45) is 0.824. The lowest BCUT2D eigenvalue weighted by Gasteiger charge is -2.43. The number of hydrogen-bond donors (Lipinski definition) is 3. The minimum absolute atomic E-state index is 0.0301. The van der Waals surface area contributed by atoms with Crippen LogP contribution in [0, 0.1) is 29.6 Å². The average molecular weight is 626 g/mol. The topological polar surface area (TPSA) is 129 Å². The van der Waals surface area contributed by atoms with E-state index in [-0.39, 0.29) is 75.7 Å². The first-order valence-corrected chi connectivity index (χ1v) is 16.2. The number of ether oxygens (including phenoxy) is 1. The number of imide groups is 1. The van der Waals surface area contributed by atoms with E-state index in [4.69, 9.17) is 4.74 Å². The zero-order valence-electron chi connectivity index (χ0n) is 23.2. The Labute approximate surface area is 260 Å². The quantitative estimate of drug-likeness (QED) is 0.207. The summed E-state index contributed by atoms with van der Waals surface area (Å²) in [4.78, 5) is 57.8. The number of carbonyl (C=O) groups excluding carboxylic acids is 3. The van der Waals surface area contributed by atoms with Gasteiger partial charge in [0.05, 0.1) is 22.5 Å². The maximum atomic E-state index is 13.8. The number of thiazole rings is 1. The highest BCUT2D eigenvalue weighted by molar-refractivity contribution is 8.00. The van der Waals surface area contributed by atoms with Crippen LogP contribution in [0.15, 0.2) is 88.7 Å². The van der Waals surface area contributed by atoms with Crippen LogP contribution in [0.1, 0.15) is 22.8 Å². The van der Waals surface area contributed by atoms with E-state index < -0.39 is 0 Å². The van der Waals surface area contributed by atoms with Gasteiger partial charge in [0.2, 0.25) is 11.8 Å². The summed E-state index contributed by atoms with van der Waals surface area (Å²) >= 11 is 2.88. The van der Waals surface area contributed by atoms with Crippen molar-refractivity contribution in [2.24, 2.45) is 29.6 Å². The number of H-pyrrole nitrogens is 1. The fourth-order valence-electron chi connectivity index (χ4n) is 7.88. The molecule has 4 aliphatic rings. The smallest absolute Gasteiger partial charge is 0.305 e. The number of amides is 3. The van der Waals surface area contributed by atoms with Gasteiger partial charge in [0.25, 0.3) is 5.91 Å². The molecule has 0 spiro atoms. The number of aromatic hydroxyl groups is 1. The van der Waals surface area contributed by atoms with Crippen LogP contribution in [-0.2, 0) is 14.4 Å². The minimum atomic E-state index is -0.357. The maximum absolute atomic E-state index is 13.8. The number of phenolic OH excluding ortho intramolecular Hbond substituents is 1. The predicted molar refractivity (Wildman–Crippen MR) is 166 cm³/mol. The van der Waals surface area contributed by atoms with Crippen LogP contribution in [0.2, 0.25) is 0 Å². The Morgan fingerprint density at radius 2 is 1.64 bits per heavy atom. The molecule has 3 N–H and O–H groups in total. The fourth-order valence-corrected chi connectivity index (χ4v) is 10.8. The van der Waals surface area contributed by atoms with Gasteiger partial charge in [0, 0.05) is 21.7 Å². The Hall–Kier alpha value is -4.35. The predicted octanol–water partition coefficient (Wildman–Crippen LogP) is 4.84. The molecule has 2 saturated carbocycles. The van der Waals surface area contributed by atoms with Gasteiger partial charge < -0.3 is 20.1 Å². The molecule has 2 aliphatic heterocycles. The molecular formula is C33H27N3O6S2. The number of nitrogens with zero attached hydrogens (tertiary/aromatic N) is 1. The van der Waals surface area contributed by atoms with Gasteiger partial charge in [-0.2, -0.15) is 0 Å². The summed E-state index contributed by atoms with van der Waals surface area (Å²) < 4.78 is 5.75. The van der Waals surface area contributed by atoms with Gasteiger partial charge in [-0.3, -0.25) is 24.1 Å². The number of nitrogens with one attached hydrogen (secondary N) is 2. The second-order valence-corrected chi connectivity index (χ2v) is 14.0. The van der Waals surface area contributed by atoms with Crippen LogP contribution in [0.3, 0.4) is 0 Å². The van der Waals surface area contributed by atoms with Crippen molar-refractivity contribution in [2.75, 3.05) is 16.8 Å². The number of benzene rings is 3. The van der Waals surface area contributed by atoms with Gasteiger partial charge in [0.15, 0.2) is 6.61 Å². The van der Waals surface area contributed by atoms with E-state index in [1.807, 2.05) is 54.6 Å². The molecule has 222 valence electrons. The van der Waals surface area contributed by atoms with Crippen molar-refractivity contribution >= 4 is 52.2 Å².